The van der Waals surface area contributed by atoms with E-state index >= 15 is 0 Å². The Bertz CT molecular complexity index is 659. The third-order valence-corrected chi connectivity index (χ3v) is 5.55. The number of benzene rings is 1. The Kier molecular flexibility index (Phi) is 7.05. The van der Waals surface area contributed by atoms with Crippen molar-refractivity contribution >= 4 is 20.8 Å². The molecule has 5 nitrogen and oxygen atoms in total. The molecule has 0 aliphatic carbocycles. The minimum Gasteiger partial charge on any atom is -0.395 e. The predicted octanol–water partition coefficient (Wildman–Crippen LogP) is 0.466. The van der Waals surface area contributed by atoms with Crippen molar-refractivity contribution in [2.24, 2.45) is 0 Å². The second-order valence-corrected chi connectivity index (χ2v) is 7.97. The van der Waals surface area contributed by atoms with E-state index in [2.05, 4.69) is 16.6 Å². The Hall–Kier alpha value is -1.20. The molecule has 0 bridgehead atoms. The summed E-state index contributed by atoms with van der Waals surface area (Å²) in [6.07, 6.45) is 1.82. The van der Waals surface area contributed by atoms with Gasteiger partial charge >= 0.3 is 0 Å². The summed E-state index contributed by atoms with van der Waals surface area (Å²) in [5.41, 5.74) is 0.378. The molecule has 0 aromatic heterocycles. The van der Waals surface area contributed by atoms with Crippen molar-refractivity contribution in [2.45, 2.75) is 23.5 Å². The van der Waals surface area contributed by atoms with Gasteiger partial charge in [-0.1, -0.05) is 24.0 Å². The van der Waals surface area contributed by atoms with E-state index in [1.165, 1.54) is 12.3 Å². The molecule has 2 unspecified atom stereocenters. The number of aliphatic hydroxyl groups is 1. The van der Waals surface area contributed by atoms with Crippen molar-refractivity contribution in [1.29, 1.82) is 0 Å². The molecule has 2 N–H and O–H groups in total. The van der Waals surface area contributed by atoms with Crippen molar-refractivity contribution in [3.05, 3.63) is 29.8 Å². The van der Waals surface area contributed by atoms with Gasteiger partial charge in [0.2, 0.25) is 10.0 Å². The Morgan fingerprint density at radius 3 is 2.67 bits per heavy atom. The molecule has 7 heteroatoms. The second kappa shape index (κ2) is 8.29. The first-order valence-electron chi connectivity index (χ1n) is 6.39. The summed E-state index contributed by atoms with van der Waals surface area (Å²) in [4.78, 5) is 0.0875. The first-order valence-corrected chi connectivity index (χ1v) is 9.49. The van der Waals surface area contributed by atoms with Gasteiger partial charge in [0, 0.05) is 40.8 Å². The van der Waals surface area contributed by atoms with Crippen LogP contribution in [0.4, 0.5) is 0 Å². The molecular formula is C14H19NO4S2. The van der Waals surface area contributed by atoms with Gasteiger partial charge in [0.15, 0.2) is 0 Å². The third kappa shape index (κ3) is 5.59. The van der Waals surface area contributed by atoms with Crippen LogP contribution in [-0.2, 0) is 20.8 Å². The van der Waals surface area contributed by atoms with Gasteiger partial charge in [0.1, 0.15) is 0 Å². The minimum absolute atomic E-state index is 0.0694. The maximum Gasteiger partial charge on any atom is 0.241 e. The quantitative estimate of drug-likeness (QED) is 0.743. The van der Waals surface area contributed by atoms with Gasteiger partial charge in [-0.2, -0.15) is 0 Å². The van der Waals surface area contributed by atoms with Crippen LogP contribution in [0.5, 0.6) is 0 Å². The van der Waals surface area contributed by atoms with E-state index in [0.717, 1.165) is 0 Å². The summed E-state index contributed by atoms with van der Waals surface area (Å²) in [6.45, 7) is 1.75. The summed E-state index contributed by atoms with van der Waals surface area (Å²) in [5.74, 6) is 5.45. The van der Waals surface area contributed by atoms with Crippen molar-refractivity contribution in [1.82, 2.24) is 4.72 Å². The average Bonchev–Trinajstić information content (AvgIpc) is 2.45. The number of aliphatic hydroxyl groups excluding tert-OH is 1. The van der Waals surface area contributed by atoms with Crippen molar-refractivity contribution in [3.8, 4) is 11.8 Å². The fourth-order valence-corrected chi connectivity index (χ4v) is 3.15. The molecule has 1 rings (SSSR count). The molecular weight excluding hydrogens is 310 g/mol. The van der Waals surface area contributed by atoms with Gasteiger partial charge in [-0.25, -0.2) is 13.1 Å². The van der Waals surface area contributed by atoms with E-state index in [1.54, 1.807) is 25.1 Å². The maximum atomic E-state index is 12.3. The molecule has 1 aromatic carbocycles. The topological polar surface area (TPSA) is 83.5 Å². The number of sulfonamides is 1. The average molecular weight is 329 g/mol. The maximum absolute atomic E-state index is 12.3. The molecule has 0 aliphatic heterocycles. The molecule has 1 aromatic rings. The summed E-state index contributed by atoms with van der Waals surface area (Å²) in [5, 5.41) is 8.44. The molecule has 0 aliphatic rings. The molecule has 0 heterocycles. The van der Waals surface area contributed by atoms with Crippen LogP contribution >= 0.6 is 0 Å². The minimum atomic E-state index is -3.71. The van der Waals surface area contributed by atoms with E-state index in [0.29, 0.717) is 5.56 Å². The van der Waals surface area contributed by atoms with Gasteiger partial charge in [-0.3, -0.25) is 4.21 Å². The van der Waals surface area contributed by atoms with E-state index in [-0.39, 0.29) is 29.7 Å². The van der Waals surface area contributed by atoms with E-state index in [1.807, 2.05) is 0 Å². The van der Waals surface area contributed by atoms with Crippen molar-refractivity contribution in [3.63, 3.8) is 0 Å². The number of hydrogen-bond acceptors (Lipinski definition) is 4. The highest BCUT2D eigenvalue weighted by atomic mass is 32.2. The zero-order valence-corrected chi connectivity index (χ0v) is 13.6. The summed E-state index contributed by atoms with van der Waals surface area (Å²) in [6, 6.07) is 6.40. The van der Waals surface area contributed by atoms with Crippen molar-refractivity contribution in [2.75, 3.05) is 19.4 Å². The van der Waals surface area contributed by atoms with E-state index < -0.39 is 20.8 Å². The van der Waals surface area contributed by atoms with Crippen LogP contribution in [0.3, 0.4) is 0 Å². The Balaban J connectivity index is 2.99. The summed E-state index contributed by atoms with van der Waals surface area (Å²) >= 11 is 0. The second-order valence-electron chi connectivity index (χ2n) is 4.43. The zero-order chi connectivity index (χ0) is 15.9. The van der Waals surface area contributed by atoms with E-state index in [4.69, 9.17) is 5.11 Å². The van der Waals surface area contributed by atoms with E-state index in [9.17, 15) is 12.6 Å². The summed E-state index contributed by atoms with van der Waals surface area (Å²) < 4.78 is 38.3. The van der Waals surface area contributed by atoms with Crippen LogP contribution in [0.25, 0.3) is 0 Å². The number of hydrogen-bond donors (Lipinski definition) is 2. The van der Waals surface area contributed by atoms with Gasteiger partial charge < -0.3 is 5.11 Å². The zero-order valence-electron chi connectivity index (χ0n) is 12.0. The van der Waals surface area contributed by atoms with Crippen LogP contribution in [0.1, 0.15) is 18.9 Å². The lowest BCUT2D eigenvalue weighted by Crippen LogP contribution is -2.33. The Morgan fingerprint density at radius 2 is 2.05 bits per heavy atom. The van der Waals surface area contributed by atoms with Crippen LogP contribution < -0.4 is 4.72 Å². The van der Waals surface area contributed by atoms with Crippen molar-refractivity contribution < 1.29 is 17.7 Å². The van der Waals surface area contributed by atoms with Crippen LogP contribution in [-0.4, -0.2) is 42.4 Å². The smallest absolute Gasteiger partial charge is 0.241 e. The first kappa shape index (κ1) is 17.9. The first-order chi connectivity index (χ1) is 9.88. The molecule has 0 amide bonds. The standard InChI is InChI=1S/C14H19NO4S2/c1-12(20(2)17)11-15-21(18,19)14-9-4-3-7-13(14)8-5-6-10-16/h3-4,7,9,12,15-16H,6,10-11H2,1-2H3. The normalized spacial score (nSPS) is 14.0. The van der Waals surface area contributed by atoms with Crippen LogP contribution in [0.2, 0.25) is 0 Å². The molecule has 0 saturated carbocycles. The third-order valence-electron chi connectivity index (χ3n) is 2.76. The number of nitrogens with one attached hydrogen (secondary N) is 1. The lowest BCUT2D eigenvalue weighted by molar-refractivity contribution is 0.305. The van der Waals surface area contributed by atoms with Gasteiger partial charge in [-0.15, -0.1) is 0 Å². The van der Waals surface area contributed by atoms with Gasteiger partial charge in [0.25, 0.3) is 0 Å². The molecule has 0 fully saturated rings. The lowest BCUT2D eigenvalue weighted by atomic mass is 10.2. The lowest BCUT2D eigenvalue weighted by Gasteiger charge is -2.11. The molecule has 0 radical (unpaired) electrons. The Morgan fingerprint density at radius 1 is 1.38 bits per heavy atom. The predicted molar refractivity (Wildman–Crippen MR) is 83.7 cm³/mol. The van der Waals surface area contributed by atoms with Gasteiger partial charge in [0.05, 0.1) is 11.5 Å². The highest BCUT2D eigenvalue weighted by Gasteiger charge is 2.18. The molecule has 2 atom stereocenters. The molecule has 21 heavy (non-hydrogen) atoms. The highest BCUT2D eigenvalue weighted by Crippen LogP contribution is 2.14. The molecule has 0 spiro atoms. The Labute approximate surface area is 128 Å². The highest BCUT2D eigenvalue weighted by molar-refractivity contribution is 7.89. The largest absolute Gasteiger partial charge is 0.395 e. The van der Waals surface area contributed by atoms with Crippen LogP contribution in [0.15, 0.2) is 29.2 Å². The number of rotatable bonds is 6. The van der Waals surface area contributed by atoms with Gasteiger partial charge in [-0.05, 0) is 19.1 Å². The summed E-state index contributed by atoms with van der Waals surface area (Å²) in [7, 11) is -4.80. The monoisotopic (exact) mass is 329 g/mol. The van der Waals surface area contributed by atoms with Crippen LogP contribution in [0, 0.1) is 11.8 Å². The fraction of sp³-hybridized carbons (Fsp3) is 0.429. The molecule has 0 saturated heterocycles. The SMILES string of the molecule is CC(CNS(=O)(=O)c1ccccc1C#CCCO)S(C)=O. The fourth-order valence-electron chi connectivity index (χ4n) is 1.44. The molecule has 116 valence electrons.